The molecule has 0 aromatic rings. The quantitative estimate of drug-likeness (QED) is 0.304. The topological polar surface area (TPSA) is 99.3 Å². The highest BCUT2D eigenvalue weighted by Gasteiger charge is 2.38. The number of likely N-dealkylation sites (tertiary alicyclic amines) is 2. The second-order valence-electron chi connectivity index (χ2n) is 12.7. The number of amides is 3. The van der Waals surface area contributed by atoms with E-state index >= 15 is 0 Å². The van der Waals surface area contributed by atoms with Crippen molar-refractivity contribution < 1.29 is 23.9 Å². The van der Waals surface area contributed by atoms with Crippen molar-refractivity contribution in [3.8, 4) is 0 Å². The molecule has 1 unspecified atom stereocenters. The Balaban J connectivity index is 2.21. The van der Waals surface area contributed by atoms with Crippen molar-refractivity contribution in [2.75, 3.05) is 20.1 Å². The van der Waals surface area contributed by atoms with E-state index in [1.165, 1.54) is 0 Å². The third kappa shape index (κ3) is 8.54. The third-order valence-electron chi connectivity index (χ3n) is 8.11. The number of likely N-dealkylation sites (N-methyl/N-ethyl adjacent to an activating group) is 1. The number of esters is 1. The summed E-state index contributed by atoms with van der Waals surface area (Å²) in [6.07, 6.45) is 5.79. The molecule has 0 aliphatic carbocycles. The van der Waals surface area contributed by atoms with Gasteiger partial charge in [0.25, 0.3) is 0 Å². The average molecular weight is 563 g/mol. The number of ether oxygens (including phenoxy) is 1. The summed E-state index contributed by atoms with van der Waals surface area (Å²) in [6.45, 7) is 18.8. The van der Waals surface area contributed by atoms with Crippen molar-refractivity contribution >= 4 is 23.7 Å². The number of nitrogens with zero attached hydrogens (tertiary/aromatic N) is 3. The van der Waals surface area contributed by atoms with Gasteiger partial charge in [0.05, 0.1) is 18.2 Å². The van der Waals surface area contributed by atoms with Crippen LogP contribution >= 0.6 is 0 Å². The van der Waals surface area contributed by atoms with Gasteiger partial charge in [-0.25, -0.2) is 4.79 Å². The molecule has 0 saturated carbocycles. The second-order valence-corrected chi connectivity index (χ2v) is 12.7. The molecule has 228 valence electrons. The van der Waals surface area contributed by atoms with Gasteiger partial charge in [0.2, 0.25) is 17.7 Å². The van der Waals surface area contributed by atoms with E-state index in [-0.39, 0.29) is 59.8 Å². The lowest BCUT2D eigenvalue weighted by Gasteiger charge is -2.39. The predicted octanol–water partition coefficient (Wildman–Crippen LogP) is 3.76. The number of piperidine rings is 1. The molecule has 9 nitrogen and oxygen atoms in total. The van der Waals surface area contributed by atoms with Gasteiger partial charge in [0.1, 0.15) is 12.1 Å². The van der Waals surface area contributed by atoms with Gasteiger partial charge < -0.3 is 19.9 Å². The molecule has 0 spiro atoms. The fourth-order valence-electron chi connectivity index (χ4n) is 5.85. The van der Waals surface area contributed by atoms with Crippen LogP contribution in [0.25, 0.3) is 0 Å². The van der Waals surface area contributed by atoms with Gasteiger partial charge in [-0.05, 0) is 78.7 Å². The molecule has 2 saturated heterocycles. The summed E-state index contributed by atoms with van der Waals surface area (Å²) in [4.78, 5) is 58.7. The predicted molar refractivity (Wildman–Crippen MR) is 157 cm³/mol. The van der Waals surface area contributed by atoms with Crippen molar-refractivity contribution in [1.82, 2.24) is 20.0 Å². The number of carbonyl (C=O) groups excluding carboxylic acids is 4. The molecule has 0 bridgehead atoms. The molecule has 2 aliphatic rings. The Morgan fingerprint density at radius 3 is 2.05 bits per heavy atom. The first-order valence-corrected chi connectivity index (χ1v) is 15.2. The van der Waals surface area contributed by atoms with E-state index < -0.39 is 12.1 Å². The summed E-state index contributed by atoms with van der Waals surface area (Å²) in [5, 5.41) is 3.08. The Hall–Kier alpha value is -2.42. The Labute approximate surface area is 242 Å². The van der Waals surface area contributed by atoms with Crippen LogP contribution in [0.15, 0.2) is 11.6 Å². The fourth-order valence-corrected chi connectivity index (χ4v) is 5.85. The molecule has 2 fully saturated rings. The molecule has 2 rings (SSSR count). The Kier molecular flexibility index (Phi) is 12.7. The Morgan fingerprint density at radius 2 is 1.50 bits per heavy atom. The van der Waals surface area contributed by atoms with Crippen LogP contribution in [-0.4, -0.2) is 94.8 Å². The number of hydrogen-bond acceptors (Lipinski definition) is 6. The first-order chi connectivity index (χ1) is 18.7. The summed E-state index contributed by atoms with van der Waals surface area (Å²) >= 11 is 0. The van der Waals surface area contributed by atoms with Crippen LogP contribution in [0.1, 0.15) is 94.4 Å². The van der Waals surface area contributed by atoms with Crippen LogP contribution in [0.5, 0.6) is 0 Å². The maximum absolute atomic E-state index is 13.8. The highest BCUT2D eigenvalue weighted by molar-refractivity contribution is 5.96. The highest BCUT2D eigenvalue weighted by Crippen LogP contribution is 2.24. The standard InChI is InChI=1S/C31H54N4O5/c1-19(2)26(18-23(9)29(37)35-17-13-15-25(35)31(39)40-22(7)8)33(10)30(38)27(20(3)4)32-28(36)24-14-11-12-16-34(24)21(5)6/h18-22,24-27H,11-17H2,1-10H3,(H,32,36)/t24?,25-,26+,27-/m0/s1. The lowest BCUT2D eigenvalue weighted by molar-refractivity contribution is -0.155. The zero-order valence-corrected chi connectivity index (χ0v) is 26.5. The van der Waals surface area contributed by atoms with E-state index in [0.717, 1.165) is 32.2 Å². The molecule has 2 aliphatic heterocycles. The molecule has 0 radical (unpaired) electrons. The maximum Gasteiger partial charge on any atom is 0.329 e. The van der Waals surface area contributed by atoms with Gasteiger partial charge >= 0.3 is 5.97 Å². The number of hydrogen-bond donors (Lipinski definition) is 1. The normalized spacial score (nSPS) is 22.1. The summed E-state index contributed by atoms with van der Waals surface area (Å²) in [6, 6.07) is -1.59. The average Bonchev–Trinajstić information content (AvgIpc) is 3.38. The van der Waals surface area contributed by atoms with Crippen LogP contribution in [0.4, 0.5) is 0 Å². The summed E-state index contributed by atoms with van der Waals surface area (Å²) in [7, 11) is 1.74. The summed E-state index contributed by atoms with van der Waals surface area (Å²) in [5.74, 6) is -0.933. The van der Waals surface area contributed by atoms with Crippen molar-refractivity contribution in [1.29, 1.82) is 0 Å². The van der Waals surface area contributed by atoms with Gasteiger partial charge in [0, 0.05) is 25.2 Å². The zero-order valence-electron chi connectivity index (χ0n) is 26.5. The minimum absolute atomic E-state index is 0.0234. The monoisotopic (exact) mass is 562 g/mol. The smallest absolute Gasteiger partial charge is 0.329 e. The van der Waals surface area contributed by atoms with E-state index in [4.69, 9.17) is 4.74 Å². The molecular formula is C31H54N4O5. The Morgan fingerprint density at radius 1 is 0.875 bits per heavy atom. The minimum Gasteiger partial charge on any atom is -0.461 e. The van der Waals surface area contributed by atoms with Gasteiger partial charge in [-0.1, -0.05) is 40.2 Å². The molecule has 0 aromatic carbocycles. The fraction of sp³-hybridized carbons (Fsp3) is 0.806. The molecule has 3 amide bonds. The van der Waals surface area contributed by atoms with E-state index in [0.29, 0.717) is 18.5 Å². The molecular weight excluding hydrogens is 508 g/mol. The van der Waals surface area contributed by atoms with E-state index in [1.807, 2.05) is 33.8 Å². The summed E-state index contributed by atoms with van der Waals surface area (Å²) in [5.41, 5.74) is 0.488. The molecule has 40 heavy (non-hydrogen) atoms. The van der Waals surface area contributed by atoms with Crippen LogP contribution in [0, 0.1) is 11.8 Å². The molecule has 0 aromatic heterocycles. The van der Waals surface area contributed by atoms with Gasteiger partial charge in [0.15, 0.2) is 0 Å². The van der Waals surface area contributed by atoms with Gasteiger partial charge in [-0.2, -0.15) is 0 Å². The molecule has 2 heterocycles. The largest absolute Gasteiger partial charge is 0.461 e. The van der Waals surface area contributed by atoms with E-state index in [1.54, 1.807) is 37.6 Å². The van der Waals surface area contributed by atoms with Crippen molar-refractivity contribution in [3.63, 3.8) is 0 Å². The first kappa shape index (κ1) is 33.8. The summed E-state index contributed by atoms with van der Waals surface area (Å²) < 4.78 is 5.38. The lowest BCUT2D eigenvalue weighted by Crippen LogP contribution is -2.58. The van der Waals surface area contributed by atoms with E-state index in [9.17, 15) is 19.2 Å². The van der Waals surface area contributed by atoms with Crippen molar-refractivity contribution in [2.45, 2.75) is 131 Å². The molecule has 9 heteroatoms. The Bertz CT molecular complexity index is 929. The van der Waals surface area contributed by atoms with Crippen LogP contribution in [0.3, 0.4) is 0 Å². The molecule has 4 atom stereocenters. The first-order valence-electron chi connectivity index (χ1n) is 15.2. The van der Waals surface area contributed by atoms with Gasteiger partial charge in [-0.15, -0.1) is 0 Å². The SMILES string of the molecule is CC(=C[C@H](C(C)C)N(C)C(=O)[C@@H](NC(=O)C1CCCCN1C(C)C)C(C)C)C(=O)N1CCC[C@H]1C(=O)OC(C)C. The van der Waals surface area contributed by atoms with Crippen LogP contribution in [0.2, 0.25) is 0 Å². The van der Waals surface area contributed by atoms with Crippen LogP contribution in [-0.2, 0) is 23.9 Å². The van der Waals surface area contributed by atoms with E-state index in [2.05, 4.69) is 24.1 Å². The molecule has 1 N–H and O–H groups in total. The minimum atomic E-state index is -0.673. The zero-order chi connectivity index (χ0) is 30.3. The number of carbonyl (C=O) groups is 4. The van der Waals surface area contributed by atoms with Gasteiger partial charge in [-0.3, -0.25) is 19.3 Å². The number of rotatable bonds is 11. The third-order valence-corrected chi connectivity index (χ3v) is 8.11. The highest BCUT2D eigenvalue weighted by atomic mass is 16.5. The number of nitrogens with one attached hydrogen (secondary N) is 1. The van der Waals surface area contributed by atoms with Crippen molar-refractivity contribution in [3.05, 3.63) is 11.6 Å². The lowest BCUT2D eigenvalue weighted by atomic mass is 9.95. The maximum atomic E-state index is 13.8. The second kappa shape index (κ2) is 15.0. The van der Waals surface area contributed by atoms with Crippen LogP contribution < -0.4 is 5.32 Å². The van der Waals surface area contributed by atoms with Crippen molar-refractivity contribution in [2.24, 2.45) is 11.8 Å².